The van der Waals surface area contributed by atoms with Gasteiger partial charge in [0.1, 0.15) is 60.2 Å². The second-order valence-corrected chi connectivity index (χ2v) is 28.6. The molecule has 6 heterocycles. The molecule has 14 N–H and O–H groups in total. The van der Waals surface area contributed by atoms with E-state index in [0.29, 0.717) is 0 Å². The molecule has 2 aromatic carbocycles. The number of rotatable bonds is 20. The van der Waals surface area contributed by atoms with Crippen molar-refractivity contribution in [3.63, 3.8) is 0 Å². The Morgan fingerprint density at radius 1 is 0.592 bits per heavy atom. The van der Waals surface area contributed by atoms with Crippen molar-refractivity contribution in [1.82, 2.24) is 39.0 Å². The molecule has 6 aromatic rings. The molecule has 28 nitrogen and oxygen atoms in total. The van der Waals surface area contributed by atoms with Crippen LogP contribution in [0, 0.1) is 13.8 Å². The molecule has 2 aliphatic heterocycles. The normalized spacial score (nSPS) is 25.2. The number of aliphatic hydroxyl groups is 4. The molecule has 0 amide bonds. The van der Waals surface area contributed by atoms with Crippen molar-refractivity contribution in [3.8, 4) is 0 Å². The second kappa shape index (κ2) is 23.1. The van der Waals surface area contributed by atoms with E-state index in [4.69, 9.17) is 39.7 Å². The first-order chi connectivity index (χ1) is 35.6. The monoisotopic (exact) mass is 1140 g/mol. The molecular weight excluding hydrogens is 1080 g/mol. The van der Waals surface area contributed by atoms with Crippen LogP contribution < -0.4 is 22.9 Å². The first-order valence-electron chi connectivity index (χ1n) is 23.0. The van der Waals surface area contributed by atoms with Gasteiger partial charge in [0.05, 0.1) is 34.7 Å². The second-order valence-electron chi connectivity index (χ2n) is 18.5. The van der Waals surface area contributed by atoms with E-state index in [1.807, 2.05) is 13.8 Å². The van der Waals surface area contributed by atoms with Crippen LogP contribution in [0.25, 0.3) is 22.3 Å². The van der Waals surface area contributed by atoms with Crippen molar-refractivity contribution < 1.29 is 73.8 Å². The molecule has 12 atom stereocenters. The van der Waals surface area contributed by atoms with Crippen LogP contribution in [0.1, 0.15) is 36.4 Å². The number of nitrogens with zero attached hydrogens (tertiary/aromatic N) is 8. The third kappa shape index (κ3) is 13.0. The average molecular weight is 1140 g/mol. The lowest BCUT2D eigenvalue weighted by molar-refractivity contribution is -0.139. The van der Waals surface area contributed by atoms with E-state index in [0.717, 1.165) is 11.1 Å². The number of carbonyl (C=O) groups is 2. The molecular formula is C44H60N12O16S4. The molecule has 0 saturated carbocycles. The molecule has 2 saturated heterocycles. The van der Waals surface area contributed by atoms with Gasteiger partial charge in [-0.05, 0) is 63.5 Å². The first-order valence-corrected chi connectivity index (χ1v) is 30.4. The highest BCUT2D eigenvalue weighted by Crippen LogP contribution is 2.53. The van der Waals surface area contributed by atoms with Crippen LogP contribution in [0.3, 0.4) is 0 Å². The molecule has 76 heavy (non-hydrogen) atoms. The van der Waals surface area contributed by atoms with Crippen LogP contribution >= 0.6 is 20.6 Å². The Morgan fingerprint density at radius 3 is 1.26 bits per heavy atom. The molecule has 0 spiro atoms. The third-order valence-corrected chi connectivity index (χ3v) is 22.5. The van der Waals surface area contributed by atoms with E-state index >= 15 is 0 Å². The van der Waals surface area contributed by atoms with Gasteiger partial charge in [0.25, 0.3) is 0 Å². The van der Waals surface area contributed by atoms with Crippen molar-refractivity contribution >= 4 is 86.8 Å². The van der Waals surface area contributed by atoms with Gasteiger partial charge in [-0.1, -0.05) is 35.4 Å². The number of anilines is 2. The summed E-state index contributed by atoms with van der Waals surface area (Å²) >= 11 is 0. The van der Waals surface area contributed by atoms with E-state index < -0.39 is 114 Å². The molecule has 2 fully saturated rings. The van der Waals surface area contributed by atoms with Crippen molar-refractivity contribution in [1.29, 1.82) is 0 Å². The number of imidazole rings is 2. The number of carboxylic acids is 2. The van der Waals surface area contributed by atoms with E-state index in [1.54, 1.807) is 36.8 Å². The molecule has 8 rings (SSSR count). The zero-order chi connectivity index (χ0) is 55.7. The number of hydrogen-bond donors (Lipinski definition) is 10. The number of hydrogen-bond acceptors (Lipinski definition) is 24. The van der Waals surface area contributed by atoms with Crippen LogP contribution in [0.5, 0.6) is 0 Å². The molecule has 0 aliphatic carbocycles. The number of aryl methyl sites for hydroxylation is 2. The van der Waals surface area contributed by atoms with Gasteiger partial charge in [-0.15, -0.1) is 20.6 Å². The fourth-order valence-corrected chi connectivity index (χ4v) is 18.0. The number of aromatic nitrogens is 8. The topological polar surface area (TPSA) is 452 Å². The van der Waals surface area contributed by atoms with E-state index in [2.05, 4.69) is 29.9 Å². The van der Waals surface area contributed by atoms with Crippen LogP contribution in [0.15, 0.2) is 83.6 Å². The first kappa shape index (κ1) is 58.0. The summed E-state index contributed by atoms with van der Waals surface area (Å²) in [5.41, 5.74) is 25.8. The third-order valence-electron chi connectivity index (χ3n) is 12.5. The highest BCUT2D eigenvalue weighted by Gasteiger charge is 2.49. The number of aliphatic carboxylic acids is 2. The Balaban J connectivity index is 0.000000221. The molecule has 0 bridgehead atoms. The van der Waals surface area contributed by atoms with Gasteiger partial charge in [-0.2, -0.15) is 16.8 Å². The van der Waals surface area contributed by atoms with Crippen LogP contribution in [0.4, 0.5) is 11.6 Å². The standard InChI is InChI=1S/2C22H30N6O8S2/c2*1-12-3-5-13(6-4-12)38(33,34)36-37(2,8-7-14(23)22(31)32)9-15-17(29)18(30)21(35-15)28-11-27-16-19(24)25-10-26-20(16)28/h2*3-6,10-11,14-15,17-18,21,29-30H,7-9,23H2,1-2H3,(H,31,32)(H2,24,25,26)/t2*14-,15+,17+,18+,21+/m00/s1. The van der Waals surface area contributed by atoms with Crippen LogP contribution in [-0.4, -0.2) is 183 Å². The number of ether oxygens (including phenoxy) is 2. The maximum absolute atomic E-state index is 13.1. The van der Waals surface area contributed by atoms with Gasteiger partial charge in [0, 0.05) is 23.0 Å². The number of nitrogens with two attached hydrogens (primary N) is 4. The van der Waals surface area contributed by atoms with Gasteiger partial charge in [-0.25, -0.2) is 37.2 Å². The number of carboxylic acid groups (broad SMARTS) is 2. The highest BCUT2D eigenvalue weighted by molar-refractivity contribution is 8.32. The smallest absolute Gasteiger partial charge is 0.320 e. The predicted molar refractivity (Wildman–Crippen MR) is 277 cm³/mol. The summed E-state index contributed by atoms with van der Waals surface area (Å²) in [5, 5.41) is 61.8. The lowest BCUT2D eigenvalue weighted by atomic mass is 10.1. The summed E-state index contributed by atoms with van der Waals surface area (Å²) in [6, 6.07) is 9.64. The molecule has 416 valence electrons. The largest absolute Gasteiger partial charge is 0.480 e. The van der Waals surface area contributed by atoms with E-state index in [9.17, 15) is 57.1 Å². The highest BCUT2D eigenvalue weighted by atomic mass is 32.3. The average Bonchev–Trinajstić information content (AvgIpc) is 4.12. The minimum absolute atomic E-state index is 0.0172. The van der Waals surface area contributed by atoms with Crippen molar-refractivity contribution in [2.24, 2.45) is 11.5 Å². The quantitative estimate of drug-likeness (QED) is 0.0472. The number of fused-ring (bicyclic) bond motifs is 2. The van der Waals surface area contributed by atoms with E-state index in [-0.39, 0.29) is 79.6 Å². The summed E-state index contributed by atoms with van der Waals surface area (Å²) in [6.07, 6.45) is -2.02. The number of aliphatic hydroxyl groups excluding tert-OH is 4. The summed E-state index contributed by atoms with van der Waals surface area (Å²) < 4.78 is 78.8. The maximum atomic E-state index is 13.1. The van der Waals surface area contributed by atoms with Crippen molar-refractivity contribution in [3.05, 3.63) is 85.0 Å². The lowest BCUT2D eigenvalue weighted by Gasteiger charge is -2.37. The Morgan fingerprint density at radius 2 is 0.934 bits per heavy atom. The molecule has 0 radical (unpaired) electrons. The zero-order valence-corrected chi connectivity index (χ0v) is 44.5. The minimum atomic E-state index is -4.26. The molecule has 2 aliphatic rings. The van der Waals surface area contributed by atoms with Crippen LogP contribution in [-0.2, 0) is 46.6 Å². The van der Waals surface area contributed by atoms with Crippen LogP contribution in [0.2, 0.25) is 0 Å². The lowest BCUT2D eigenvalue weighted by Crippen LogP contribution is -2.37. The fourth-order valence-electron chi connectivity index (χ4n) is 8.21. The molecule has 4 aromatic heterocycles. The Bertz CT molecular complexity index is 3050. The fraction of sp³-hybridized carbons (Fsp3) is 0.455. The van der Waals surface area contributed by atoms with Gasteiger partial charge >= 0.3 is 32.2 Å². The Labute approximate surface area is 438 Å². The summed E-state index contributed by atoms with van der Waals surface area (Å²) in [6.45, 7) is 3.62. The van der Waals surface area contributed by atoms with Gasteiger partial charge in [-0.3, -0.25) is 18.7 Å². The van der Waals surface area contributed by atoms with Gasteiger partial charge < -0.3 is 63.0 Å². The molecule has 2 unspecified atom stereocenters. The Kier molecular flexibility index (Phi) is 17.6. The van der Waals surface area contributed by atoms with Gasteiger partial charge in [0.15, 0.2) is 35.4 Å². The number of benzene rings is 2. The molecule has 32 heteroatoms. The Hall–Kier alpha value is -5.72. The SMILES string of the molecule is Cc1ccc(S(=O)(=O)OS(C)(CC[C@H](N)C(=O)O)C[C@H]2O[C@@H](n3cnc4c(N)ncnc43)[C@H](O)[C@@H]2O)cc1.Cc1ccc(S(=O)(=O)OS(C)(CC[C@H](N)C(=O)O)C[C@H]2O[C@@H](n3cnc4c(N)ncnc43)[C@H](O)[C@@H]2O)cc1. The zero-order valence-electron chi connectivity index (χ0n) is 41.2. The van der Waals surface area contributed by atoms with Crippen molar-refractivity contribution in [2.45, 2.75) is 97.6 Å². The minimum Gasteiger partial charge on any atom is -0.480 e. The summed E-state index contributed by atoms with van der Waals surface area (Å²) in [5.74, 6) is -2.54. The summed E-state index contributed by atoms with van der Waals surface area (Å²) in [7, 11) is -13.9. The summed E-state index contributed by atoms with van der Waals surface area (Å²) in [4.78, 5) is 46.7. The number of nitrogen functional groups attached to an aromatic ring is 2. The van der Waals surface area contributed by atoms with Gasteiger partial charge in [0.2, 0.25) is 0 Å². The van der Waals surface area contributed by atoms with E-state index in [1.165, 1.54) is 58.7 Å². The van der Waals surface area contributed by atoms with Crippen molar-refractivity contribution in [2.75, 3.05) is 47.0 Å². The predicted octanol–water partition coefficient (Wildman–Crippen LogP) is -0.214. The maximum Gasteiger partial charge on any atom is 0.320 e.